The fourth-order valence-electron chi connectivity index (χ4n) is 3.94. The number of rotatable bonds is 7. The monoisotopic (exact) mass is 415 g/mol. The Hall–Kier alpha value is -3.28. The molecule has 0 bridgehead atoms. The molecule has 31 heavy (non-hydrogen) atoms. The Labute approximate surface area is 183 Å². The van der Waals surface area contributed by atoms with Crippen molar-refractivity contribution in [1.82, 2.24) is 15.2 Å². The van der Waals surface area contributed by atoms with E-state index in [4.69, 9.17) is 0 Å². The second-order valence-corrected chi connectivity index (χ2v) is 8.09. The molecule has 1 saturated heterocycles. The third kappa shape index (κ3) is 5.45. The van der Waals surface area contributed by atoms with Gasteiger partial charge in [0.1, 0.15) is 0 Å². The number of benzene rings is 1. The van der Waals surface area contributed by atoms with Crippen molar-refractivity contribution in [3.8, 4) is 11.3 Å². The number of hydrogen-bond donors (Lipinski definition) is 1. The van der Waals surface area contributed by atoms with E-state index in [1.807, 2.05) is 36.4 Å². The minimum atomic E-state index is -0.0617. The van der Waals surface area contributed by atoms with Gasteiger partial charge in [0.05, 0.1) is 11.6 Å². The number of nitrogens with one attached hydrogen (secondary N) is 1. The van der Waals surface area contributed by atoms with E-state index >= 15 is 0 Å². The standard InChI is InChI=1S/C25H29N5O/c1-2-3-6-19-9-11-22(12-10-19)27-25(31)21-8-5-16-30(18-21)24-14-13-23(28-29-24)20-7-4-15-26-17-20/h4,7,9-15,17,21H,2-3,5-6,8,16,18H2,1H3,(H,27,31). The zero-order valence-corrected chi connectivity index (χ0v) is 18.0. The number of aryl methyl sites for hydroxylation is 1. The van der Waals surface area contributed by atoms with Crippen LogP contribution in [-0.2, 0) is 11.2 Å². The van der Waals surface area contributed by atoms with E-state index in [1.54, 1.807) is 12.4 Å². The molecule has 0 radical (unpaired) electrons. The van der Waals surface area contributed by atoms with Crippen molar-refractivity contribution >= 4 is 17.4 Å². The van der Waals surface area contributed by atoms with Gasteiger partial charge in [0.15, 0.2) is 5.82 Å². The number of carbonyl (C=O) groups excluding carboxylic acids is 1. The molecule has 160 valence electrons. The fraction of sp³-hybridized carbons (Fsp3) is 0.360. The molecule has 1 atom stereocenters. The van der Waals surface area contributed by atoms with Crippen molar-refractivity contribution in [2.75, 3.05) is 23.3 Å². The van der Waals surface area contributed by atoms with Crippen LogP contribution in [0.3, 0.4) is 0 Å². The molecular formula is C25H29N5O. The van der Waals surface area contributed by atoms with E-state index < -0.39 is 0 Å². The van der Waals surface area contributed by atoms with E-state index in [1.165, 1.54) is 18.4 Å². The van der Waals surface area contributed by atoms with Gasteiger partial charge in [0.25, 0.3) is 0 Å². The first-order valence-electron chi connectivity index (χ1n) is 11.1. The van der Waals surface area contributed by atoms with Gasteiger partial charge in [-0.3, -0.25) is 9.78 Å². The average molecular weight is 416 g/mol. The number of hydrogen-bond acceptors (Lipinski definition) is 5. The number of unbranched alkanes of at least 4 members (excludes halogenated alkanes) is 1. The lowest BCUT2D eigenvalue weighted by Gasteiger charge is -2.32. The Balaban J connectivity index is 1.36. The summed E-state index contributed by atoms with van der Waals surface area (Å²) in [7, 11) is 0. The van der Waals surface area contributed by atoms with Crippen LogP contribution in [0.5, 0.6) is 0 Å². The molecule has 3 aromatic rings. The van der Waals surface area contributed by atoms with Crippen LogP contribution in [0.2, 0.25) is 0 Å². The van der Waals surface area contributed by atoms with Crippen LogP contribution in [0.25, 0.3) is 11.3 Å². The van der Waals surface area contributed by atoms with Crippen LogP contribution in [0.1, 0.15) is 38.2 Å². The summed E-state index contributed by atoms with van der Waals surface area (Å²) >= 11 is 0. The molecule has 0 aliphatic carbocycles. The van der Waals surface area contributed by atoms with Gasteiger partial charge in [-0.25, -0.2) is 0 Å². The predicted molar refractivity (Wildman–Crippen MR) is 124 cm³/mol. The molecule has 1 unspecified atom stereocenters. The van der Waals surface area contributed by atoms with Gasteiger partial charge < -0.3 is 10.2 Å². The third-order valence-electron chi connectivity index (χ3n) is 5.76. The number of anilines is 2. The summed E-state index contributed by atoms with van der Waals surface area (Å²) in [5, 5.41) is 11.9. The van der Waals surface area contributed by atoms with Gasteiger partial charge in [0.2, 0.25) is 5.91 Å². The highest BCUT2D eigenvalue weighted by atomic mass is 16.1. The van der Waals surface area contributed by atoms with Crippen LogP contribution in [0, 0.1) is 5.92 Å². The SMILES string of the molecule is CCCCc1ccc(NC(=O)C2CCCN(c3ccc(-c4cccnc4)nn3)C2)cc1. The van der Waals surface area contributed by atoms with Crippen LogP contribution < -0.4 is 10.2 Å². The van der Waals surface area contributed by atoms with Crippen LogP contribution in [0.15, 0.2) is 60.9 Å². The normalized spacial score (nSPS) is 16.2. The van der Waals surface area contributed by atoms with E-state index in [2.05, 4.69) is 44.5 Å². The zero-order valence-electron chi connectivity index (χ0n) is 18.0. The Morgan fingerprint density at radius 1 is 1.13 bits per heavy atom. The van der Waals surface area contributed by atoms with Crippen LogP contribution in [0.4, 0.5) is 11.5 Å². The third-order valence-corrected chi connectivity index (χ3v) is 5.76. The van der Waals surface area contributed by atoms with E-state index in [0.29, 0.717) is 6.54 Å². The molecule has 3 heterocycles. The maximum absolute atomic E-state index is 12.9. The topological polar surface area (TPSA) is 71.0 Å². The number of carbonyl (C=O) groups is 1. The van der Waals surface area contributed by atoms with Gasteiger partial charge in [-0.1, -0.05) is 25.5 Å². The highest BCUT2D eigenvalue weighted by molar-refractivity contribution is 5.93. The van der Waals surface area contributed by atoms with E-state index in [0.717, 1.165) is 48.6 Å². The highest BCUT2D eigenvalue weighted by Gasteiger charge is 2.27. The van der Waals surface area contributed by atoms with Gasteiger partial charge in [-0.15, -0.1) is 10.2 Å². The molecule has 1 fully saturated rings. The van der Waals surface area contributed by atoms with Crippen molar-refractivity contribution < 1.29 is 4.79 Å². The molecule has 6 heteroatoms. The zero-order chi connectivity index (χ0) is 21.5. The largest absolute Gasteiger partial charge is 0.354 e. The van der Waals surface area contributed by atoms with Gasteiger partial charge >= 0.3 is 0 Å². The summed E-state index contributed by atoms with van der Waals surface area (Å²) in [6.45, 7) is 3.74. The lowest BCUT2D eigenvalue weighted by molar-refractivity contribution is -0.120. The maximum atomic E-state index is 12.9. The number of aromatic nitrogens is 3. The first-order valence-corrected chi connectivity index (χ1v) is 11.1. The summed E-state index contributed by atoms with van der Waals surface area (Å²) in [6, 6.07) is 16.0. The lowest BCUT2D eigenvalue weighted by atomic mass is 9.97. The van der Waals surface area contributed by atoms with Crippen LogP contribution in [-0.4, -0.2) is 34.2 Å². The quantitative estimate of drug-likeness (QED) is 0.604. The van der Waals surface area contributed by atoms with Gasteiger partial charge in [-0.05, 0) is 67.6 Å². The Kier molecular flexibility index (Phi) is 6.87. The minimum absolute atomic E-state index is 0.0617. The molecular weight excluding hydrogens is 386 g/mol. The second-order valence-electron chi connectivity index (χ2n) is 8.09. The molecule has 1 aromatic carbocycles. The number of amides is 1. The van der Waals surface area contributed by atoms with E-state index in [9.17, 15) is 4.79 Å². The smallest absolute Gasteiger partial charge is 0.229 e. The first kappa shape index (κ1) is 21.0. The minimum Gasteiger partial charge on any atom is -0.354 e. The van der Waals surface area contributed by atoms with Crippen LogP contribution >= 0.6 is 0 Å². The maximum Gasteiger partial charge on any atom is 0.229 e. The molecule has 4 rings (SSSR count). The Bertz CT molecular complexity index is 973. The van der Waals surface area contributed by atoms with Crippen molar-refractivity contribution in [2.24, 2.45) is 5.92 Å². The fourth-order valence-corrected chi connectivity index (χ4v) is 3.94. The summed E-state index contributed by atoms with van der Waals surface area (Å²) in [5.41, 5.74) is 3.92. The molecule has 6 nitrogen and oxygen atoms in total. The molecule has 1 N–H and O–H groups in total. The first-order chi connectivity index (χ1) is 15.2. The molecule has 1 aliphatic heterocycles. The molecule has 0 saturated carbocycles. The summed E-state index contributed by atoms with van der Waals surface area (Å²) in [6.07, 6.45) is 8.83. The number of piperidine rings is 1. The summed E-state index contributed by atoms with van der Waals surface area (Å²) < 4.78 is 0. The predicted octanol–water partition coefficient (Wildman–Crippen LogP) is 4.74. The molecule has 2 aromatic heterocycles. The Morgan fingerprint density at radius 3 is 2.71 bits per heavy atom. The number of pyridine rings is 1. The molecule has 0 spiro atoms. The summed E-state index contributed by atoms with van der Waals surface area (Å²) in [4.78, 5) is 19.1. The lowest BCUT2D eigenvalue weighted by Crippen LogP contribution is -2.41. The molecule has 1 amide bonds. The summed E-state index contributed by atoms with van der Waals surface area (Å²) in [5.74, 6) is 0.824. The van der Waals surface area contributed by atoms with Gasteiger partial charge in [-0.2, -0.15) is 0 Å². The highest BCUT2D eigenvalue weighted by Crippen LogP contribution is 2.24. The van der Waals surface area contributed by atoms with Crippen molar-refractivity contribution in [1.29, 1.82) is 0 Å². The van der Waals surface area contributed by atoms with E-state index in [-0.39, 0.29) is 11.8 Å². The average Bonchev–Trinajstić information content (AvgIpc) is 2.84. The number of nitrogens with zero attached hydrogens (tertiary/aromatic N) is 4. The van der Waals surface area contributed by atoms with Crippen molar-refractivity contribution in [3.05, 3.63) is 66.5 Å². The molecule has 1 aliphatic rings. The van der Waals surface area contributed by atoms with Gasteiger partial charge in [0, 0.05) is 36.7 Å². The van der Waals surface area contributed by atoms with Crippen molar-refractivity contribution in [2.45, 2.75) is 39.0 Å². The van der Waals surface area contributed by atoms with Crippen molar-refractivity contribution in [3.63, 3.8) is 0 Å². The Morgan fingerprint density at radius 2 is 2.00 bits per heavy atom. The second kappa shape index (κ2) is 10.2.